The number of amides is 1. The smallest absolute Gasteiger partial charge is 0.255 e. The van der Waals surface area contributed by atoms with Crippen LogP contribution in [0.25, 0.3) is 21.1 Å². The van der Waals surface area contributed by atoms with Gasteiger partial charge in [0.25, 0.3) is 5.91 Å². The zero-order valence-electron chi connectivity index (χ0n) is 11.0. The molecule has 102 valence electrons. The molecule has 1 amide bonds. The Kier molecular flexibility index (Phi) is 2.72. The summed E-state index contributed by atoms with van der Waals surface area (Å²) in [6.45, 7) is 0. The average molecular weight is 293 g/mol. The van der Waals surface area contributed by atoms with Crippen molar-refractivity contribution >= 4 is 44.1 Å². The van der Waals surface area contributed by atoms with Gasteiger partial charge in [-0.15, -0.1) is 11.3 Å². The molecule has 21 heavy (non-hydrogen) atoms. The van der Waals surface area contributed by atoms with Crippen LogP contribution in [0.15, 0.2) is 54.2 Å². The summed E-state index contributed by atoms with van der Waals surface area (Å²) in [6, 6.07) is 13.3. The monoisotopic (exact) mass is 293 g/mol. The molecule has 2 aromatic carbocycles. The van der Waals surface area contributed by atoms with Crippen LogP contribution < -0.4 is 5.32 Å². The van der Waals surface area contributed by atoms with Gasteiger partial charge >= 0.3 is 0 Å². The number of carbonyl (C=O) groups is 1. The normalized spacial score (nSPS) is 11.0. The number of aromatic nitrogens is 2. The fourth-order valence-electron chi connectivity index (χ4n) is 2.33. The van der Waals surface area contributed by atoms with Crippen molar-refractivity contribution in [2.75, 3.05) is 5.32 Å². The first kappa shape index (κ1) is 12.1. The Morgan fingerprint density at radius 3 is 3.05 bits per heavy atom. The van der Waals surface area contributed by atoms with Crippen molar-refractivity contribution in [2.24, 2.45) is 0 Å². The van der Waals surface area contributed by atoms with Gasteiger partial charge in [-0.05, 0) is 41.8 Å². The summed E-state index contributed by atoms with van der Waals surface area (Å²) in [4.78, 5) is 19.7. The van der Waals surface area contributed by atoms with Gasteiger partial charge in [-0.3, -0.25) is 4.79 Å². The van der Waals surface area contributed by atoms with E-state index < -0.39 is 0 Å². The molecule has 0 unspecified atom stereocenters. The van der Waals surface area contributed by atoms with Crippen LogP contribution in [0.3, 0.4) is 0 Å². The van der Waals surface area contributed by atoms with E-state index in [9.17, 15) is 4.79 Å². The second kappa shape index (κ2) is 4.71. The lowest BCUT2D eigenvalue weighted by atomic mass is 10.1. The minimum atomic E-state index is -0.124. The third kappa shape index (κ3) is 2.17. The first-order valence-corrected chi connectivity index (χ1v) is 7.39. The van der Waals surface area contributed by atoms with E-state index in [4.69, 9.17) is 0 Å². The van der Waals surface area contributed by atoms with Crippen LogP contribution in [0.4, 0.5) is 5.69 Å². The van der Waals surface area contributed by atoms with Gasteiger partial charge < -0.3 is 10.3 Å². The van der Waals surface area contributed by atoms with Gasteiger partial charge in [0.05, 0.1) is 15.7 Å². The van der Waals surface area contributed by atoms with E-state index in [0.29, 0.717) is 5.56 Å². The summed E-state index contributed by atoms with van der Waals surface area (Å²) >= 11 is 1.59. The van der Waals surface area contributed by atoms with E-state index in [1.165, 1.54) is 0 Å². The summed E-state index contributed by atoms with van der Waals surface area (Å²) in [5.74, 6) is -0.124. The average Bonchev–Trinajstić information content (AvgIpc) is 3.14. The number of rotatable bonds is 2. The number of anilines is 1. The second-order valence-corrected chi connectivity index (χ2v) is 5.66. The highest BCUT2D eigenvalue weighted by molar-refractivity contribution is 7.16. The van der Waals surface area contributed by atoms with Gasteiger partial charge in [0, 0.05) is 23.0 Å². The third-order valence-electron chi connectivity index (χ3n) is 3.41. The first-order valence-electron chi connectivity index (χ1n) is 6.51. The predicted molar refractivity (Wildman–Crippen MR) is 85.9 cm³/mol. The Morgan fingerprint density at radius 2 is 2.10 bits per heavy atom. The Labute approximate surface area is 124 Å². The third-order valence-corrected chi connectivity index (χ3v) is 4.22. The van der Waals surface area contributed by atoms with Gasteiger partial charge in [0.2, 0.25) is 0 Å². The summed E-state index contributed by atoms with van der Waals surface area (Å²) in [5.41, 5.74) is 5.04. The van der Waals surface area contributed by atoms with E-state index in [-0.39, 0.29) is 5.91 Å². The highest BCUT2D eigenvalue weighted by Crippen LogP contribution is 2.22. The molecule has 0 aliphatic rings. The van der Waals surface area contributed by atoms with Crippen molar-refractivity contribution in [1.29, 1.82) is 0 Å². The van der Waals surface area contributed by atoms with E-state index in [0.717, 1.165) is 26.8 Å². The molecule has 4 nitrogen and oxygen atoms in total. The molecule has 0 bridgehead atoms. The predicted octanol–water partition coefficient (Wildman–Crippen LogP) is 4.03. The van der Waals surface area contributed by atoms with Gasteiger partial charge in [-0.25, -0.2) is 4.98 Å². The minimum Gasteiger partial charge on any atom is -0.361 e. The highest BCUT2D eigenvalue weighted by atomic mass is 32.1. The van der Waals surface area contributed by atoms with Crippen LogP contribution in [-0.2, 0) is 0 Å². The largest absolute Gasteiger partial charge is 0.361 e. The van der Waals surface area contributed by atoms with Crippen molar-refractivity contribution in [1.82, 2.24) is 9.97 Å². The van der Waals surface area contributed by atoms with Crippen molar-refractivity contribution in [2.45, 2.75) is 0 Å². The van der Waals surface area contributed by atoms with Crippen LogP contribution in [0.1, 0.15) is 10.4 Å². The number of fused-ring (bicyclic) bond motifs is 2. The molecule has 2 aromatic heterocycles. The lowest BCUT2D eigenvalue weighted by molar-refractivity contribution is 0.102. The molecule has 0 aliphatic heterocycles. The maximum Gasteiger partial charge on any atom is 0.255 e. The Balaban J connectivity index is 1.64. The standard InChI is InChI=1S/C16H11N3OS/c20-16(11-2-1-10-5-6-17-13(10)7-11)19-12-3-4-15-14(8-12)18-9-21-15/h1-9,17H,(H,19,20). The second-order valence-electron chi connectivity index (χ2n) is 4.77. The quantitative estimate of drug-likeness (QED) is 0.586. The van der Waals surface area contributed by atoms with Crippen LogP contribution in [0.2, 0.25) is 0 Å². The summed E-state index contributed by atoms with van der Waals surface area (Å²) in [7, 11) is 0. The SMILES string of the molecule is O=C(Nc1ccc2scnc2c1)c1ccc2cc[nH]c2c1. The van der Waals surface area contributed by atoms with E-state index in [1.807, 2.05) is 48.7 Å². The Hall–Kier alpha value is -2.66. The molecule has 0 aliphatic carbocycles. The van der Waals surface area contributed by atoms with Gasteiger partial charge in [-0.2, -0.15) is 0 Å². The number of hydrogen-bond donors (Lipinski definition) is 2. The molecule has 2 N–H and O–H groups in total. The Bertz CT molecular complexity index is 954. The lowest BCUT2D eigenvalue weighted by Gasteiger charge is -2.05. The van der Waals surface area contributed by atoms with Gasteiger partial charge in [-0.1, -0.05) is 6.07 Å². The first-order chi connectivity index (χ1) is 10.3. The molecular weight excluding hydrogens is 282 g/mol. The zero-order valence-corrected chi connectivity index (χ0v) is 11.8. The van der Waals surface area contributed by atoms with Crippen molar-refractivity contribution in [3.8, 4) is 0 Å². The van der Waals surface area contributed by atoms with Crippen LogP contribution in [0.5, 0.6) is 0 Å². The van der Waals surface area contributed by atoms with Gasteiger partial charge in [0.1, 0.15) is 0 Å². The molecule has 4 rings (SSSR count). The number of carbonyl (C=O) groups excluding carboxylic acids is 1. The molecule has 0 fully saturated rings. The number of aromatic amines is 1. The lowest BCUT2D eigenvalue weighted by Crippen LogP contribution is -2.11. The number of H-pyrrole nitrogens is 1. The summed E-state index contributed by atoms with van der Waals surface area (Å²) < 4.78 is 1.11. The highest BCUT2D eigenvalue weighted by Gasteiger charge is 2.08. The molecule has 0 spiro atoms. The minimum absolute atomic E-state index is 0.124. The fraction of sp³-hybridized carbons (Fsp3) is 0. The summed E-state index contributed by atoms with van der Waals surface area (Å²) in [6.07, 6.45) is 1.86. The molecule has 4 aromatic rings. The van der Waals surface area contributed by atoms with Crippen LogP contribution >= 0.6 is 11.3 Å². The number of hydrogen-bond acceptors (Lipinski definition) is 3. The molecule has 0 atom stereocenters. The fourth-order valence-corrected chi connectivity index (χ4v) is 2.99. The number of benzene rings is 2. The van der Waals surface area contributed by atoms with Crippen LogP contribution in [0, 0.1) is 0 Å². The molecular formula is C16H11N3OS. The number of nitrogens with one attached hydrogen (secondary N) is 2. The maximum atomic E-state index is 12.3. The van der Waals surface area contributed by atoms with Crippen molar-refractivity contribution in [3.63, 3.8) is 0 Å². The van der Waals surface area contributed by atoms with E-state index >= 15 is 0 Å². The molecule has 5 heteroatoms. The number of thiazole rings is 1. The molecule has 2 heterocycles. The molecule has 0 saturated carbocycles. The van der Waals surface area contributed by atoms with Crippen molar-refractivity contribution < 1.29 is 4.79 Å². The number of nitrogens with zero attached hydrogens (tertiary/aromatic N) is 1. The molecule has 0 radical (unpaired) electrons. The summed E-state index contributed by atoms with van der Waals surface area (Å²) in [5, 5.41) is 4.00. The molecule has 0 saturated heterocycles. The van der Waals surface area contributed by atoms with Gasteiger partial charge in [0.15, 0.2) is 0 Å². The maximum absolute atomic E-state index is 12.3. The van der Waals surface area contributed by atoms with Crippen molar-refractivity contribution in [3.05, 3.63) is 59.7 Å². The topological polar surface area (TPSA) is 57.8 Å². The Morgan fingerprint density at radius 1 is 1.14 bits per heavy atom. The van der Waals surface area contributed by atoms with Crippen LogP contribution in [-0.4, -0.2) is 15.9 Å². The van der Waals surface area contributed by atoms with E-state index in [1.54, 1.807) is 16.8 Å². The van der Waals surface area contributed by atoms with E-state index in [2.05, 4.69) is 15.3 Å². The zero-order chi connectivity index (χ0) is 14.2.